The first kappa shape index (κ1) is 45.5. The van der Waals surface area contributed by atoms with Crippen LogP contribution in [0.25, 0.3) is 21.9 Å². The smallest absolute Gasteiger partial charge is 0.263 e. The van der Waals surface area contributed by atoms with Gasteiger partial charge in [0.1, 0.15) is 29.9 Å². The quantitative estimate of drug-likeness (QED) is 0.0671. The molecular weight excluding hydrogens is 835 g/mol. The maximum atomic E-state index is 13.6. The molecule has 6 heterocycles. The lowest BCUT2D eigenvalue weighted by Crippen LogP contribution is -2.47. The second kappa shape index (κ2) is 20.8. The van der Waals surface area contributed by atoms with Crippen molar-refractivity contribution in [2.75, 3.05) is 89.2 Å². The number of Topliss-reactive ketones (excluding diaryl/α,β-unsaturated/α-hetero) is 1. The van der Waals surface area contributed by atoms with Crippen LogP contribution in [0.15, 0.2) is 58.4 Å². The van der Waals surface area contributed by atoms with Gasteiger partial charge in [-0.15, -0.1) is 0 Å². The Bertz CT molecular complexity index is 2650. The van der Waals surface area contributed by atoms with Gasteiger partial charge in [0, 0.05) is 74.3 Å². The van der Waals surface area contributed by atoms with Crippen molar-refractivity contribution in [3.05, 3.63) is 86.2 Å². The molecule has 0 spiro atoms. The first-order valence-corrected chi connectivity index (χ1v) is 22.5. The molecule has 4 aromatic heterocycles. The van der Waals surface area contributed by atoms with Crippen LogP contribution >= 0.6 is 0 Å². The van der Waals surface area contributed by atoms with E-state index in [1.807, 2.05) is 37.4 Å². The van der Waals surface area contributed by atoms with Gasteiger partial charge < -0.3 is 29.2 Å². The van der Waals surface area contributed by atoms with Gasteiger partial charge in [0.2, 0.25) is 17.8 Å². The summed E-state index contributed by atoms with van der Waals surface area (Å²) in [7, 11) is 0. The van der Waals surface area contributed by atoms with E-state index in [0.29, 0.717) is 85.9 Å². The normalized spacial score (nSPS) is 17.3. The number of imide groups is 1. The van der Waals surface area contributed by atoms with Gasteiger partial charge >= 0.3 is 0 Å². The number of piperazine rings is 1. The third-order valence-electron chi connectivity index (χ3n) is 12.5. The summed E-state index contributed by atoms with van der Waals surface area (Å²) in [5.74, 6) is 0.428. The number of pyridine rings is 3. The van der Waals surface area contributed by atoms with E-state index in [1.54, 1.807) is 23.8 Å². The SMILES string of the molecule is CC(=O)c1c(C)c2cnc(Nc3ccc(N4CCN(CCOCCOCCOCCOc5ccc6c(C)cc(=O)n(C7CCC(=O)NC7=O)c6c5)CC4)cn3)nc2n(C2CCCC2)c1=O. The lowest BCUT2D eigenvalue weighted by Gasteiger charge is -2.35. The Balaban J connectivity index is 0.701. The Morgan fingerprint density at radius 1 is 0.800 bits per heavy atom. The summed E-state index contributed by atoms with van der Waals surface area (Å²) in [6.45, 7) is 12.5. The van der Waals surface area contributed by atoms with E-state index in [4.69, 9.17) is 23.9 Å². The van der Waals surface area contributed by atoms with E-state index < -0.39 is 11.9 Å². The number of aromatic nitrogens is 5. The second-order valence-corrected chi connectivity index (χ2v) is 16.8. The number of hydrogen-bond donors (Lipinski definition) is 2. The van der Waals surface area contributed by atoms with Gasteiger partial charge in [0.15, 0.2) is 5.78 Å². The largest absolute Gasteiger partial charge is 0.491 e. The first-order chi connectivity index (χ1) is 31.5. The predicted octanol–water partition coefficient (Wildman–Crippen LogP) is 4.41. The number of benzene rings is 1. The molecule has 0 radical (unpaired) electrons. The van der Waals surface area contributed by atoms with E-state index in [-0.39, 0.29) is 47.3 Å². The van der Waals surface area contributed by atoms with Crippen molar-refractivity contribution in [3.8, 4) is 5.75 Å². The molecule has 1 saturated carbocycles. The Morgan fingerprint density at radius 2 is 1.52 bits per heavy atom. The van der Waals surface area contributed by atoms with Gasteiger partial charge in [0.25, 0.3) is 11.1 Å². The average molecular weight is 892 g/mol. The number of ether oxygens (including phenoxy) is 4. The number of rotatable bonds is 19. The molecule has 8 rings (SSSR count). The first-order valence-electron chi connectivity index (χ1n) is 22.5. The molecular formula is C47H57N9O9. The minimum absolute atomic E-state index is 0.00847. The zero-order valence-electron chi connectivity index (χ0n) is 37.3. The molecule has 2 saturated heterocycles. The molecule has 1 atom stereocenters. The van der Waals surface area contributed by atoms with Crippen LogP contribution in [-0.2, 0) is 23.8 Å². The maximum absolute atomic E-state index is 13.6. The van der Waals surface area contributed by atoms with E-state index in [2.05, 4.69) is 30.4 Å². The molecule has 0 bridgehead atoms. The van der Waals surface area contributed by atoms with E-state index >= 15 is 0 Å². The summed E-state index contributed by atoms with van der Waals surface area (Å²) in [4.78, 5) is 81.9. The van der Waals surface area contributed by atoms with Crippen LogP contribution in [0.5, 0.6) is 5.75 Å². The van der Waals surface area contributed by atoms with E-state index in [0.717, 1.165) is 75.0 Å². The van der Waals surface area contributed by atoms with Crippen molar-refractivity contribution in [1.82, 2.24) is 34.3 Å². The summed E-state index contributed by atoms with van der Waals surface area (Å²) >= 11 is 0. The number of nitrogens with zero attached hydrogens (tertiary/aromatic N) is 7. The van der Waals surface area contributed by atoms with Crippen molar-refractivity contribution < 1.29 is 33.3 Å². The van der Waals surface area contributed by atoms with Crippen molar-refractivity contribution in [2.45, 2.75) is 71.4 Å². The molecule has 3 aliphatic rings. The van der Waals surface area contributed by atoms with Gasteiger partial charge in [-0.05, 0) is 75.4 Å². The lowest BCUT2D eigenvalue weighted by atomic mass is 10.0. The summed E-state index contributed by atoms with van der Waals surface area (Å²) in [6.07, 6.45) is 7.81. The number of amides is 2. The van der Waals surface area contributed by atoms with Crippen LogP contribution in [0.4, 0.5) is 17.5 Å². The molecule has 2 aliphatic heterocycles. The van der Waals surface area contributed by atoms with Crippen molar-refractivity contribution in [2.24, 2.45) is 0 Å². The van der Waals surface area contributed by atoms with Gasteiger partial charge in [-0.3, -0.25) is 43.3 Å². The van der Waals surface area contributed by atoms with E-state index in [9.17, 15) is 24.0 Å². The number of carbonyl (C=O) groups is 3. The molecule has 65 heavy (non-hydrogen) atoms. The molecule has 1 aromatic carbocycles. The standard InChI is InChI=1S/C47H57N9O9/c1-30-26-42(59)56(38-11-13-41(58)51-45(38)60)39-27-35(9-10-36(30)39)65-25-24-64-23-22-63-21-20-62-19-18-53-14-16-54(17-15-53)34-8-12-40(48-28-34)50-47-49-29-37-31(2)43(32(3)57)46(61)55(44(37)52-47)33-6-4-5-7-33/h8-10,12,26-29,33,38H,4-7,11,13-25H2,1-3H3,(H,51,58,60)(H,48,49,50,52). The number of piperidine rings is 1. The van der Waals surface area contributed by atoms with Crippen LogP contribution in [-0.4, -0.2) is 126 Å². The van der Waals surface area contributed by atoms with Crippen molar-refractivity contribution in [3.63, 3.8) is 0 Å². The van der Waals surface area contributed by atoms with Crippen LogP contribution in [0, 0.1) is 13.8 Å². The molecule has 1 aliphatic carbocycles. The van der Waals surface area contributed by atoms with Crippen LogP contribution in [0.1, 0.15) is 79.0 Å². The molecule has 1 unspecified atom stereocenters. The Kier molecular flexibility index (Phi) is 14.6. The van der Waals surface area contributed by atoms with Crippen molar-refractivity contribution >= 4 is 57.0 Å². The summed E-state index contributed by atoms with van der Waals surface area (Å²) in [6, 6.07) is 10.1. The van der Waals surface area contributed by atoms with Gasteiger partial charge in [-0.2, -0.15) is 4.98 Å². The fraction of sp³-hybridized carbons (Fsp3) is 0.489. The third kappa shape index (κ3) is 10.6. The number of fused-ring (bicyclic) bond motifs is 2. The highest BCUT2D eigenvalue weighted by atomic mass is 16.6. The highest BCUT2D eigenvalue weighted by Gasteiger charge is 2.30. The zero-order chi connectivity index (χ0) is 45.5. The Morgan fingerprint density at radius 3 is 2.22 bits per heavy atom. The highest BCUT2D eigenvalue weighted by Crippen LogP contribution is 2.32. The van der Waals surface area contributed by atoms with Crippen LogP contribution in [0.3, 0.4) is 0 Å². The van der Waals surface area contributed by atoms with Crippen LogP contribution < -0.4 is 31.4 Å². The monoisotopic (exact) mass is 891 g/mol. The van der Waals surface area contributed by atoms with Gasteiger partial charge in [0.05, 0.1) is 62.6 Å². The van der Waals surface area contributed by atoms with E-state index in [1.165, 1.54) is 17.6 Å². The fourth-order valence-corrected chi connectivity index (χ4v) is 9.09. The Labute approximate surface area is 376 Å². The van der Waals surface area contributed by atoms with Gasteiger partial charge in [-0.1, -0.05) is 12.8 Å². The minimum Gasteiger partial charge on any atom is -0.491 e. The summed E-state index contributed by atoms with van der Waals surface area (Å²) in [5.41, 5.74) is 3.20. The molecule has 344 valence electrons. The number of nitrogens with one attached hydrogen (secondary N) is 2. The van der Waals surface area contributed by atoms with Gasteiger partial charge in [-0.25, -0.2) is 9.97 Å². The third-order valence-corrected chi connectivity index (χ3v) is 12.5. The molecule has 2 N–H and O–H groups in total. The predicted molar refractivity (Wildman–Crippen MR) is 245 cm³/mol. The molecule has 5 aromatic rings. The number of ketones is 1. The molecule has 18 heteroatoms. The van der Waals surface area contributed by atoms with Crippen molar-refractivity contribution in [1.29, 1.82) is 0 Å². The number of anilines is 3. The average Bonchev–Trinajstić information content (AvgIpc) is 3.82. The van der Waals surface area contributed by atoms with Crippen LogP contribution in [0.2, 0.25) is 0 Å². The summed E-state index contributed by atoms with van der Waals surface area (Å²) in [5, 5.41) is 7.08. The highest BCUT2D eigenvalue weighted by molar-refractivity contribution is 6.00. The molecule has 3 fully saturated rings. The zero-order valence-corrected chi connectivity index (χ0v) is 37.3. The number of aryl methyl sites for hydroxylation is 2. The fourth-order valence-electron chi connectivity index (χ4n) is 9.09. The molecule has 2 amide bonds. The Hall–Kier alpha value is -6.08. The summed E-state index contributed by atoms with van der Waals surface area (Å²) < 4.78 is 26.2. The second-order valence-electron chi connectivity index (χ2n) is 16.8. The number of carbonyl (C=O) groups excluding carboxylic acids is 3. The molecule has 18 nitrogen and oxygen atoms in total. The lowest BCUT2D eigenvalue weighted by molar-refractivity contribution is -0.135. The maximum Gasteiger partial charge on any atom is 0.263 e. The minimum atomic E-state index is -0.766. The number of hydrogen-bond acceptors (Lipinski definition) is 15. The topological polar surface area (TPSA) is 201 Å².